The molecule has 0 radical (unpaired) electrons. The second kappa shape index (κ2) is 7.58. The van der Waals surface area contributed by atoms with Crippen LogP contribution < -0.4 is 10.3 Å². The van der Waals surface area contributed by atoms with Crippen molar-refractivity contribution < 1.29 is 4.92 Å². The zero-order valence-corrected chi connectivity index (χ0v) is 17.1. The van der Waals surface area contributed by atoms with E-state index in [1.807, 2.05) is 0 Å². The van der Waals surface area contributed by atoms with Crippen molar-refractivity contribution >= 4 is 23.4 Å². The zero-order valence-electron chi connectivity index (χ0n) is 17.1. The van der Waals surface area contributed by atoms with E-state index in [-0.39, 0.29) is 17.0 Å². The molecule has 0 unspecified atom stereocenters. The number of hydrogen-bond acceptors (Lipinski definition) is 6. The molecule has 28 heavy (non-hydrogen) atoms. The van der Waals surface area contributed by atoms with Crippen molar-refractivity contribution in [2.45, 2.75) is 52.5 Å². The summed E-state index contributed by atoms with van der Waals surface area (Å²) in [5, 5.41) is 15.3. The monoisotopic (exact) mass is 381 g/mol. The molecule has 0 spiro atoms. The van der Waals surface area contributed by atoms with Crippen LogP contribution >= 0.6 is 0 Å². The first-order chi connectivity index (χ1) is 13.2. The molecule has 3 rings (SSSR count). The van der Waals surface area contributed by atoms with Gasteiger partial charge in [-0.1, -0.05) is 6.92 Å². The van der Waals surface area contributed by atoms with Crippen LogP contribution in [0.25, 0.3) is 0 Å². The van der Waals surface area contributed by atoms with E-state index in [2.05, 4.69) is 67.2 Å². The normalized spacial score (nSPS) is 18.2. The van der Waals surface area contributed by atoms with Gasteiger partial charge in [0.05, 0.1) is 11.1 Å². The lowest BCUT2D eigenvalue weighted by molar-refractivity contribution is -0.384. The molecule has 0 saturated carbocycles. The van der Waals surface area contributed by atoms with Gasteiger partial charge in [-0.05, 0) is 74.9 Å². The molecule has 0 bridgehead atoms. The second-order valence-corrected chi connectivity index (χ2v) is 7.93. The van der Waals surface area contributed by atoms with Gasteiger partial charge in [0.25, 0.3) is 0 Å². The summed E-state index contributed by atoms with van der Waals surface area (Å²) in [7, 11) is 0. The third-order valence-electron chi connectivity index (χ3n) is 5.45. The molecule has 2 aromatic rings. The first-order valence-corrected chi connectivity index (χ1v) is 9.55. The molecule has 0 amide bonds. The maximum absolute atomic E-state index is 11.1. The number of nitrogens with one attached hydrogen (secondary N) is 1. The third kappa shape index (κ3) is 3.69. The summed E-state index contributed by atoms with van der Waals surface area (Å²) in [6, 6.07) is 7.34. The first-order valence-electron chi connectivity index (χ1n) is 9.55. The van der Waals surface area contributed by atoms with E-state index in [1.54, 1.807) is 6.21 Å². The topological polar surface area (TPSA) is 83.7 Å². The summed E-state index contributed by atoms with van der Waals surface area (Å²) >= 11 is 0. The fourth-order valence-electron chi connectivity index (χ4n) is 4.18. The van der Waals surface area contributed by atoms with Crippen LogP contribution in [0.5, 0.6) is 0 Å². The van der Waals surface area contributed by atoms with Crippen molar-refractivity contribution in [3.8, 4) is 0 Å². The van der Waals surface area contributed by atoms with Gasteiger partial charge in [0.2, 0.25) is 5.82 Å². The number of aryl methyl sites for hydroxylation is 1. The van der Waals surface area contributed by atoms with Crippen LogP contribution in [0.3, 0.4) is 0 Å². The lowest BCUT2D eigenvalue weighted by Gasteiger charge is -2.47. The van der Waals surface area contributed by atoms with Gasteiger partial charge in [0, 0.05) is 30.0 Å². The van der Waals surface area contributed by atoms with E-state index in [4.69, 9.17) is 0 Å². The van der Waals surface area contributed by atoms with Crippen molar-refractivity contribution in [1.29, 1.82) is 0 Å². The van der Waals surface area contributed by atoms with Gasteiger partial charge < -0.3 is 4.90 Å². The van der Waals surface area contributed by atoms with Gasteiger partial charge in [-0.2, -0.15) is 5.10 Å². The Kier molecular flexibility index (Phi) is 5.36. The van der Waals surface area contributed by atoms with Crippen molar-refractivity contribution in [1.82, 2.24) is 4.98 Å². The summed E-state index contributed by atoms with van der Waals surface area (Å²) in [6.07, 6.45) is 4.29. The Morgan fingerprint density at radius 2 is 2.21 bits per heavy atom. The van der Waals surface area contributed by atoms with Crippen molar-refractivity contribution in [2.24, 2.45) is 5.10 Å². The summed E-state index contributed by atoms with van der Waals surface area (Å²) in [6.45, 7) is 12.1. The van der Waals surface area contributed by atoms with Gasteiger partial charge in [-0.3, -0.25) is 15.5 Å². The number of fused-ring (bicyclic) bond motifs is 1. The highest BCUT2D eigenvalue weighted by molar-refractivity contribution is 5.84. The average molecular weight is 381 g/mol. The average Bonchev–Trinajstić information content (AvgIpc) is 2.62. The molecule has 148 valence electrons. The SMILES string of the molecule is CCN1c2cc(C)c(/C=N\Nc3ncccc3[N+](=O)[O-])cc2[C@@H](C)CC1(C)C. The Hall–Kier alpha value is -2.96. The highest BCUT2D eigenvalue weighted by Gasteiger charge is 2.35. The molecule has 1 atom stereocenters. The maximum atomic E-state index is 11.1. The molecular formula is C21H27N5O2. The van der Waals surface area contributed by atoms with Gasteiger partial charge >= 0.3 is 5.69 Å². The van der Waals surface area contributed by atoms with Crippen LogP contribution in [0.2, 0.25) is 0 Å². The largest absolute Gasteiger partial charge is 0.366 e. The number of benzene rings is 1. The summed E-state index contributed by atoms with van der Waals surface area (Å²) in [5.74, 6) is 0.581. The molecule has 7 heteroatoms. The Morgan fingerprint density at radius 1 is 1.46 bits per heavy atom. The number of nitrogens with zero attached hydrogens (tertiary/aromatic N) is 4. The Morgan fingerprint density at radius 3 is 2.89 bits per heavy atom. The minimum Gasteiger partial charge on any atom is -0.366 e. The van der Waals surface area contributed by atoms with Crippen LogP contribution in [0.4, 0.5) is 17.2 Å². The van der Waals surface area contributed by atoms with Gasteiger partial charge in [0.15, 0.2) is 0 Å². The van der Waals surface area contributed by atoms with E-state index >= 15 is 0 Å². The molecule has 1 aliphatic rings. The molecule has 1 aliphatic heterocycles. The maximum Gasteiger partial charge on any atom is 0.313 e. The van der Waals surface area contributed by atoms with E-state index in [9.17, 15) is 10.1 Å². The molecular weight excluding hydrogens is 354 g/mol. The molecule has 1 aromatic heterocycles. The van der Waals surface area contributed by atoms with E-state index < -0.39 is 4.92 Å². The number of hydrogen-bond donors (Lipinski definition) is 1. The van der Waals surface area contributed by atoms with Crippen LogP contribution in [0.15, 0.2) is 35.6 Å². The summed E-state index contributed by atoms with van der Waals surface area (Å²) < 4.78 is 0. The molecule has 1 aromatic carbocycles. The highest BCUT2D eigenvalue weighted by atomic mass is 16.6. The van der Waals surface area contributed by atoms with E-state index in [1.165, 1.54) is 29.6 Å². The Bertz CT molecular complexity index is 923. The molecule has 0 saturated heterocycles. The van der Waals surface area contributed by atoms with Gasteiger partial charge in [0.1, 0.15) is 0 Å². The molecule has 1 N–H and O–H groups in total. The standard InChI is InChI=1S/C21H27N5O2/c1-6-25-19-10-14(2)16(11-17(19)15(3)12-21(25,4)5)13-23-24-20-18(26(27)28)8-7-9-22-20/h7-11,13,15H,6,12H2,1-5H3,(H,22,24)/b23-13-/t15-/m0/s1. The third-order valence-corrected chi connectivity index (χ3v) is 5.45. The molecule has 0 fully saturated rings. The number of nitro groups is 1. The smallest absolute Gasteiger partial charge is 0.313 e. The fraction of sp³-hybridized carbons (Fsp3) is 0.429. The lowest BCUT2D eigenvalue weighted by atomic mass is 9.79. The van der Waals surface area contributed by atoms with Crippen molar-refractivity contribution in [3.05, 3.63) is 57.3 Å². The number of pyridine rings is 1. The summed E-state index contributed by atoms with van der Waals surface area (Å²) in [4.78, 5) is 17.1. The van der Waals surface area contributed by atoms with Gasteiger partial charge in [-0.15, -0.1) is 0 Å². The zero-order chi connectivity index (χ0) is 20.5. The molecule has 0 aliphatic carbocycles. The van der Waals surface area contributed by atoms with Crippen LogP contribution in [0, 0.1) is 17.0 Å². The summed E-state index contributed by atoms with van der Waals surface area (Å²) in [5.41, 5.74) is 7.44. The minimum absolute atomic E-state index is 0.101. The van der Waals surface area contributed by atoms with E-state index in [0.29, 0.717) is 5.92 Å². The van der Waals surface area contributed by atoms with Crippen LogP contribution in [-0.4, -0.2) is 28.2 Å². The second-order valence-electron chi connectivity index (χ2n) is 7.93. The van der Waals surface area contributed by atoms with Crippen molar-refractivity contribution in [3.63, 3.8) is 0 Å². The Labute approximate surface area is 165 Å². The number of hydrazone groups is 1. The highest BCUT2D eigenvalue weighted by Crippen LogP contribution is 2.44. The number of rotatable bonds is 5. The van der Waals surface area contributed by atoms with E-state index in [0.717, 1.165) is 24.1 Å². The quantitative estimate of drug-likeness (QED) is 0.454. The predicted octanol–water partition coefficient (Wildman–Crippen LogP) is 4.86. The first kappa shape index (κ1) is 19.8. The fourth-order valence-corrected chi connectivity index (χ4v) is 4.18. The van der Waals surface area contributed by atoms with Gasteiger partial charge in [-0.25, -0.2) is 4.98 Å². The lowest BCUT2D eigenvalue weighted by Crippen LogP contribution is -2.48. The predicted molar refractivity (Wildman–Crippen MR) is 113 cm³/mol. The van der Waals surface area contributed by atoms with Crippen LogP contribution in [0.1, 0.15) is 56.7 Å². The molecule has 7 nitrogen and oxygen atoms in total. The molecule has 2 heterocycles. The Balaban J connectivity index is 1.90. The van der Waals surface area contributed by atoms with Crippen molar-refractivity contribution in [2.75, 3.05) is 16.9 Å². The van der Waals surface area contributed by atoms with Crippen LogP contribution in [-0.2, 0) is 0 Å². The number of anilines is 2. The minimum atomic E-state index is -0.474. The number of aromatic nitrogens is 1.